The first kappa shape index (κ1) is 13.6. The average molecular weight is 316 g/mol. The Balaban J connectivity index is 1.65. The fourth-order valence-corrected chi connectivity index (χ4v) is 4.18. The van der Waals surface area contributed by atoms with E-state index in [1.165, 1.54) is 0 Å². The van der Waals surface area contributed by atoms with Crippen LogP contribution in [-0.4, -0.2) is 37.2 Å². The van der Waals surface area contributed by atoms with Gasteiger partial charge in [0.15, 0.2) is 5.69 Å². The minimum Gasteiger partial charge on any atom is -0.336 e. The average Bonchev–Trinajstić information content (AvgIpc) is 2.93. The quantitative estimate of drug-likeness (QED) is 0.794. The van der Waals surface area contributed by atoms with Crippen LogP contribution in [-0.2, 0) is 6.54 Å². The van der Waals surface area contributed by atoms with Crippen molar-refractivity contribution in [1.29, 1.82) is 0 Å². The van der Waals surface area contributed by atoms with E-state index in [0.717, 1.165) is 23.8 Å². The minimum atomic E-state index is -0.0346. The summed E-state index contributed by atoms with van der Waals surface area (Å²) in [6, 6.07) is 5.42. The zero-order valence-corrected chi connectivity index (χ0v) is 13.0. The minimum absolute atomic E-state index is 0.0346. The fourth-order valence-electron chi connectivity index (χ4n) is 3.64. The molecule has 2 aliphatic heterocycles. The third kappa shape index (κ3) is 2.08. The number of pyridine rings is 1. The van der Waals surface area contributed by atoms with Gasteiger partial charge in [0.1, 0.15) is 0 Å². The first-order chi connectivity index (χ1) is 10.6. The first-order valence-electron chi connectivity index (χ1n) is 7.41. The fraction of sp³-hybridized carbons (Fsp3) is 0.467. The van der Waals surface area contributed by atoms with Gasteiger partial charge in [-0.3, -0.25) is 9.59 Å². The molecule has 0 aliphatic carbocycles. The standard InChI is InChI=1S/C15H16N4O2S/c1-9-14(17-22-16-9)15(21)18-6-10-5-11(8-18)12-3-2-4-13(20)19(12)7-10/h2-4,10-11H,5-8H2,1H3. The lowest BCUT2D eigenvalue weighted by Gasteiger charge is -2.42. The Morgan fingerprint density at radius 1 is 1.27 bits per heavy atom. The van der Waals surface area contributed by atoms with Gasteiger partial charge in [-0.1, -0.05) is 6.07 Å². The summed E-state index contributed by atoms with van der Waals surface area (Å²) in [7, 11) is 0. The maximum atomic E-state index is 12.7. The van der Waals surface area contributed by atoms with Crippen LogP contribution in [0.3, 0.4) is 0 Å². The summed E-state index contributed by atoms with van der Waals surface area (Å²) in [5.41, 5.74) is 2.28. The van der Waals surface area contributed by atoms with Crippen molar-refractivity contribution in [3.05, 3.63) is 45.6 Å². The molecule has 22 heavy (non-hydrogen) atoms. The zero-order valence-electron chi connectivity index (χ0n) is 12.2. The Hall–Kier alpha value is -2.02. The molecular formula is C15H16N4O2S. The van der Waals surface area contributed by atoms with E-state index in [1.54, 1.807) is 6.07 Å². The number of carbonyl (C=O) groups excluding carboxylic acids is 1. The molecule has 6 nitrogen and oxygen atoms in total. The van der Waals surface area contributed by atoms with Gasteiger partial charge in [-0.05, 0) is 25.3 Å². The Morgan fingerprint density at radius 3 is 2.91 bits per heavy atom. The van der Waals surface area contributed by atoms with Gasteiger partial charge >= 0.3 is 0 Å². The summed E-state index contributed by atoms with van der Waals surface area (Å²) < 4.78 is 10.1. The molecule has 0 N–H and O–H groups in total. The third-order valence-electron chi connectivity index (χ3n) is 4.62. The predicted molar refractivity (Wildman–Crippen MR) is 82.1 cm³/mol. The van der Waals surface area contributed by atoms with Gasteiger partial charge in [0, 0.05) is 37.3 Å². The maximum absolute atomic E-state index is 12.7. The number of hydrogen-bond acceptors (Lipinski definition) is 5. The molecule has 2 bridgehead atoms. The van der Waals surface area contributed by atoms with E-state index < -0.39 is 0 Å². The van der Waals surface area contributed by atoms with Crippen LogP contribution in [0.2, 0.25) is 0 Å². The van der Waals surface area contributed by atoms with Crippen LogP contribution in [0, 0.1) is 12.8 Å². The number of nitrogens with zero attached hydrogens (tertiary/aromatic N) is 4. The van der Waals surface area contributed by atoms with Crippen molar-refractivity contribution in [2.75, 3.05) is 13.1 Å². The van der Waals surface area contributed by atoms with Crippen molar-refractivity contribution in [1.82, 2.24) is 18.2 Å². The maximum Gasteiger partial charge on any atom is 0.275 e. The van der Waals surface area contributed by atoms with Crippen molar-refractivity contribution >= 4 is 17.6 Å². The largest absolute Gasteiger partial charge is 0.336 e. The molecule has 2 unspecified atom stereocenters. The highest BCUT2D eigenvalue weighted by Gasteiger charge is 2.37. The monoisotopic (exact) mass is 316 g/mol. The van der Waals surface area contributed by atoms with Crippen LogP contribution < -0.4 is 5.56 Å². The highest BCUT2D eigenvalue weighted by atomic mass is 32.1. The lowest BCUT2D eigenvalue weighted by Crippen LogP contribution is -2.49. The lowest BCUT2D eigenvalue weighted by atomic mass is 9.83. The zero-order chi connectivity index (χ0) is 15.3. The van der Waals surface area contributed by atoms with E-state index in [-0.39, 0.29) is 17.4 Å². The van der Waals surface area contributed by atoms with Gasteiger partial charge in [0.2, 0.25) is 0 Å². The molecule has 114 valence electrons. The summed E-state index contributed by atoms with van der Waals surface area (Å²) in [4.78, 5) is 26.5. The van der Waals surface area contributed by atoms with E-state index in [2.05, 4.69) is 8.75 Å². The molecule has 4 rings (SSSR count). The molecule has 0 saturated carbocycles. The second-order valence-electron chi connectivity index (χ2n) is 6.11. The third-order valence-corrected chi connectivity index (χ3v) is 5.24. The van der Waals surface area contributed by atoms with Crippen molar-refractivity contribution < 1.29 is 4.79 Å². The second-order valence-corrected chi connectivity index (χ2v) is 6.63. The first-order valence-corrected chi connectivity index (χ1v) is 8.14. The molecule has 2 aromatic heterocycles. The van der Waals surface area contributed by atoms with E-state index in [4.69, 9.17) is 0 Å². The Labute approximate surface area is 131 Å². The predicted octanol–water partition coefficient (Wildman–Crippen LogP) is 1.27. The number of amides is 1. The molecule has 1 saturated heterocycles. The highest BCUT2D eigenvalue weighted by molar-refractivity contribution is 6.99. The highest BCUT2D eigenvalue weighted by Crippen LogP contribution is 2.35. The van der Waals surface area contributed by atoms with Gasteiger partial charge in [-0.25, -0.2) is 0 Å². The van der Waals surface area contributed by atoms with Crippen LogP contribution >= 0.6 is 11.7 Å². The SMILES string of the molecule is Cc1nsnc1C(=O)N1CC2CC(C1)c1cccc(=O)n1C2. The molecule has 0 aromatic carbocycles. The van der Waals surface area contributed by atoms with Gasteiger partial charge in [0.05, 0.1) is 17.4 Å². The van der Waals surface area contributed by atoms with Crippen molar-refractivity contribution in [2.24, 2.45) is 5.92 Å². The van der Waals surface area contributed by atoms with Crippen LogP contribution in [0.1, 0.15) is 34.2 Å². The molecule has 2 aliphatic rings. The van der Waals surface area contributed by atoms with Gasteiger partial charge < -0.3 is 9.47 Å². The molecule has 0 radical (unpaired) electrons. The van der Waals surface area contributed by atoms with Gasteiger partial charge in [-0.15, -0.1) is 0 Å². The molecule has 2 atom stereocenters. The summed E-state index contributed by atoms with van der Waals surface area (Å²) in [6.07, 6.45) is 1.04. The van der Waals surface area contributed by atoms with Crippen molar-refractivity contribution in [3.63, 3.8) is 0 Å². The number of aromatic nitrogens is 3. The molecular weight excluding hydrogens is 300 g/mol. The van der Waals surface area contributed by atoms with Crippen LogP contribution in [0.4, 0.5) is 0 Å². The normalized spacial score (nSPS) is 23.2. The van der Waals surface area contributed by atoms with Crippen LogP contribution in [0.25, 0.3) is 0 Å². The Bertz CT molecular complexity index is 797. The Kier molecular flexibility index (Phi) is 3.11. The molecule has 0 spiro atoms. The van der Waals surface area contributed by atoms with E-state index in [9.17, 15) is 9.59 Å². The summed E-state index contributed by atoms with van der Waals surface area (Å²) in [5, 5.41) is 0. The summed E-state index contributed by atoms with van der Waals surface area (Å²) in [6.45, 7) is 3.85. The van der Waals surface area contributed by atoms with Gasteiger partial charge in [-0.2, -0.15) is 8.75 Å². The van der Waals surface area contributed by atoms with Crippen molar-refractivity contribution in [3.8, 4) is 0 Å². The summed E-state index contributed by atoms with van der Waals surface area (Å²) >= 11 is 1.08. The molecule has 2 aromatic rings. The van der Waals surface area contributed by atoms with E-state index >= 15 is 0 Å². The summed E-state index contributed by atoms with van der Waals surface area (Å²) in [5.74, 6) is 0.534. The number of rotatable bonds is 1. The number of fused-ring (bicyclic) bond motifs is 4. The van der Waals surface area contributed by atoms with Crippen LogP contribution in [0.15, 0.2) is 23.0 Å². The number of likely N-dealkylation sites (tertiary alicyclic amines) is 1. The van der Waals surface area contributed by atoms with Gasteiger partial charge in [0.25, 0.3) is 11.5 Å². The molecule has 4 heterocycles. The second kappa shape index (κ2) is 5.01. The lowest BCUT2D eigenvalue weighted by molar-refractivity contribution is 0.0589. The molecule has 7 heteroatoms. The smallest absolute Gasteiger partial charge is 0.275 e. The number of aryl methyl sites for hydroxylation is 1. The topological polar surface area (TPSA) is 68.1 Å². The van der Waals surface area contributed by atoms with Crippen LogP contribution in [0.5, 0.6) is 0 Å². The Morgan fingerprint density at radius 2 is 2.14 bits per heavy atom. The number of piperidine rings is 1. The van der Waals surface area contributed by atoms with E-state index in [1.807, 2.05) is 28.5 Å². The molecule has 1 amide bonds. The van der Waals surface area contributed by atoms with Crippen molar-refractivity contribution in [2.45, 2.75) is 25.8 Å². The number of hydrogen-bond donors (Lipinski definition) is 0. The van der Waals surface area contributed by atoms with E-state index in [0.29, 0.717) is 36.9 Å². The molecule has 1 fully saturated rings. The number of carbonyl (C=O) groups is 1.